The average molecular weight is 350 g/mol. The Morgan fingerprint density at radius 1 is 1.54 bits per heavy atom. The lowest BCUT2D eigenvalue weighted by Gasteiger charge is -2.18. The molecule has 6 N–H and O–H groups in total. The molecule has 0 aromatic carbocycles. The van der Waals surface area contributed by atoms with Gasteiger partial charge in [-0.2, -0.15) is 0 Å². The molecule has 0 fully saturated rings. The Hall–Kier alpha value is -2.45. The van der Waals surface area contributed by atoms with Gasteiger partial charge in [0, 0.05) is 23.2 Å². The molecule has 1 atom stereocenters. The molecule has 7 nitrogen and oxygen atoms in total. The van der Waals surface area contributed by atoms with E-state index in [-0.39, 0.29) is 31.4 Å². The minimum atomic E-state index is -0.569. The first-order valence-electron chi connectivity index (χ1n) is 7.04. The van der Waals surface area contributed by atoms with Gasteiger partial charge in [-0.1, -0.05) is 14.4 Å². The minimum absolute atomic E-state index is 0. The van der Waals surface area contributed by atoms with Gasteiger partial charge in [0.15, 0.2) is 0 Å². The number of aromatic nitrogens is 1. The standard InChI is InChI=1S/C15H18N4O3S.CH4/c1-2-9(6-20)19-10-3-4-18-15(22)12(10)13(16)8-5-11(14(17)21)23-7-8;/h3-5,7,9,16,20H,2,6H2,1H3,(H2,17,21)(H2,18,19,22);1H4. The van der Waals surface area contributed by atoms with Crippen molar-refractivity contribution in [3.63, 3.8) is 0 Å². The number of aromatic amines is 1. The number of pyridine rings is 1. The van der Waals surface area contributed by atoms with Crippen molar-refractivity contribution in [1.29, 1.82) is 5.41 Å². The number of primary amides is 1. The lowest BCUT2D eigenvalue weighted by atomic mass is 10.0. The van der Waals surface area contributed by atoms with Crippen LogP contribution in [0.4, 0.5) is 5.69 Å². The molecule has 1 amide bonds. The maximum atomic E-state index is 12.2. The zero-order valence-electron chi connectivity index (χ0n) is 12.6. The highest BCUT2D eigenvalue weighted by atomic mass is 32.1. The number of H-pyrrole nitrogens is 1. The summed E-state index contributed by atoms with van der Waals surface area (Å²) in [7, 11) is 0. The molecule has 0 bridgehead atoms. The Labute approximate surface area is 144 Å². The van der Waals surface area contributed by atoms with Crippen molar-refractivity contribution >= 4 is 28.6 Å². The van der Waals surface area contributed by atoms with E-state index in [0.29, 0.717) is 22.5 Å². The number of carbonyl (C=O) groups is 1. The SMILES string of the molecule is C.CCC(CO)Nc1cc[nH]c(=O)c1C(=N)c1csc(C(N)=O)c1. The van der Waals surface area contributed by atoms with Crippen molar-refractivity contribution in [2.75, 3.05) is 11.9 Å². The summed E-state index contributed by atoms with van der Waals surface area (Å²) in [6.45, 7) is 1.82. The Morgan fingerprint density at radius 3 is 2.79 bits per heavy atom. The molecule has 2 aromatic rings. The van der Waals surface area contributed by atoms with Crippen LogP contribution in [0.15, 0.2) is 28.5 Å². The first-order chi connectivity index (χ1) is 11.0. The van der Waals surface area contributed by atoms with E-state index in [0.717, 1.165) is 11.3 Å². The number of rotatable bonds is 7. The molecular formula is C16H22N4O3S. The second-order valence-electron chi connectivity index (χ2n) is 4.97. The molecule has 0 aliphatic carbocycles. The number of nitrogens with one attached hydrogen (secondary N) is 3. The maximum Gasteiger partial charge on any atom is 0.259 e. The van der Waals surface area contributed by atoms with Gasteiger partial charge in [0.2, 0.25) is 0 Å². The molecule has 0 saturated carbocycles. The van der Waals surface area contributed by atoms with Gasteiger partial charge in [0.05, 0.1) is 28.4 Å². The first-order valence-corrected chi connectivity index (χ1v) is 7.92. The van der Waals surface area contributed by atoms with Crippen molar-refractivity contribution in [2.24, 2.45) is 5.73 Å². The van der Waals surface area contributed by atoms with Gasteiger partial charge in [-0.05, 0) is 18.6 Å². The highest BCUT2D eigenvalue weighted by molar-refractivity contribution is 7.12. The van der Waals surface area contributed by atoms with Crippen molar-refractivity contribution in [2.45, 2.75) is 26.8 Å². The van der Waals surface area contributed by atoms with Crippen LogP contribution < -0.4 is 16.6 Å². The third-order valence-electron chi connectivity index (χ3n) is 3.41. The molecule has 2 aromatic heterocycles. The maximum absolute atomic E-state index is 12.2. The summed E-state index contributed by atoms with van der Waals surface area (Å²) >= 11 is 1.13. The molecule has 0 aliphatic heterocycles. The van der Waals surface area contributed by atoms with Crippen LogP contribution in [0.1, 0.15) is 41.6 Å². The number of carbonyl (C=O) groups excluding carboxylic acids is 1. The van der Waals surface area contributed by atoms with E-state index in [4.69, 9.17) is 11.1 Å². The Bertz CT molecular complexity index is 778. The van der Waals surface area contributed by atoms with E-state index in [1.54, 1.807) is 11.4 Å². The molecule has 1 unspecified atom stereocenters. The van der Waals surface area contributed by atoms with Crippen LogP contribution >= 0.6 is 11.3 Å². The van der Waals surface area contributed by atoms with Crippen LogP contribution in [-0.4, -0.2) is 34.4 Å². The van der Waals surface area contributed by atoms with Crippen molar-refractivity contribution in [1.82, 2.24) is 4.98 Å². The van der Waals surface area contributed by atoms with Crippen LogP contribution in [0.5, 0.6) is 0 Å². The molecule has 2 rings (SSSR count). The van der Waals surface area contributed by atoms with Crippen LogP contribution in [-0.2, 0) is 0 Å². The Balaban J connectivity index is 0.00000288. The lowest BCUT2D eigenvalue weighted by molar-refractivity contribution is 0.100. The third kappa shape index (κ3) is 4.09. The Morgan fingerprint density at radius 2 is 2.25 bits per heavy atom. The number of anilines is 1. The first kappa shape index (κ1) is 19.6. The number of hydrogen-bond donors (Lipinski definition) is 5. The van der Waals surface area contributed by atoms with Crippen LogP contribution in [0.3, 0.4) is 0 Å². The summed E-state index contributed by atoms with van der Waals surface area (Å²) in [5.74, 6) is -0.569. The summed E-state index contributed by atoms with van der Waals surface area (Å²) in [5.41, 5.74) is 5.86. The number of aliphatic hydroxyl groups excluding tert-OH is 1. The fraction of sp³-hybridized carbons (Fsp3) is 0.312. The minimum Gasteiger partial charge on any atom is -0.394 e. The molecule has 2 heterocycles. The van der Waals surface area contributed by atoms with Crippen molar-refractivity contribution in [3.8, 4) is 0 Å². The molecule has 24 heavy (non-hydrogen) atoms. The molecule has 8 heteroatoms. The van der Waals surface area contributed by atoms with Gasteiger partial charge in [-0.25, -0.2) is 0 Å². The van der Waals surface area contributed by atoms with Gasteiger partial charge in [0.1, 0.15) is 0 Å². The summed E-state index contributed by atoms with van der Waals surface area (Å²) in [5, 5.41) is 22.3. The number of amides is 1. The largest absolute Gasteiger partial charge is 0.394 e. The second kappa shape index (κ2) is 8.42. The summed E-state index contributed by atoms with van der Waals surface area (Å²) < 4.78 is 0. The lowest BCUT2D eigenvalue weighted by Crippen LogP contribution is -2.27. The predicted molar refractivity (Wildman–Crippen MR) is 97.3 cm³/mol. The van der Waals surface area contributed by atoms with E-state index < -0.39 is 11.5 Å². The highest BCUT2D eigenvalue weighted by Crippen LogP contribution is 2.21. The number of thiophene rings is 1. The molecule has 0 aliphatic rings. The fourth-order valence-corrected chi connectivity index (χ4v) is 2.84. The zero-order chi connectivity index (χ0) is 17.0. The summed E-state index contributed by atoms with van der Waals surface area (Å²) in [6, 6.07) is 2.92. The third-order valence-corrected chi connectivity index (χ3v) is 4.36. The quantitative estimate of drug-likeness (QED) is 0.487. The molecular weight excluding hydrogens is 328 g/mol. The summed E-state index contributed by atoms with van der Waals surface area (Å²) in [6.07, 6.45) is 2.15. The Kier molecular flexibility index (Phi) is 6.87. The van der Waals surface area contributed by atoms with E-state index in [1.807, 2.05) is 6.92 Å². The number of hydrogen-bond acceptors (Lipinski definition) is 6. The molecule has 130 valence electrons. The van der Waals surface area contributed by atoms with E-state index in [1.165, 1.54) is 12.3 Å². The monoisotopic (exact) mass is 350 g/mol. The van der Waals surface area contributed by atoms with E-state index >= 15 is 0 Å². The highest BCUT2D eigenvalue weighted by Gasteiger charge is 2.18. The van der Waals surface area contributed by atoms with Gasteiger partial charge < -0.3 is 21.1 Å². The van der Waals surface area contributed by atoms with Gasteiger partial charge in [-0.15, -0.1) is 11.3 Å². The predicted octanol–water partition coefficient (Wildman–Crippen LogP) is 1.77. The number of nitrogens with two attached hydrogens (primary N) is 1. The molecule has 0 spiro atoms. The zero-order valence-corrected chi connectivity index (χ0v) is 13.4. The van der Waals surface area contributed by atoms with E-state index in [9.17, 15) is 14.7 Å². The van der Waals surface area contributed by atoms with E-state index in [2.05, 4.69) is 10.3 Å². The van der Waals surface area contributed by atoms with Gasteiger partial charge in [0.25, 0.3) is 11.5 Å². The topological polar surface area (TPSA) is 132 Å². The van der Waals surface area contributed by atoms with Crippen LogP contribution in [0.25, 0.3) is 0 Å². The second-order valence-corrected chi connectivity index (χ2v) is 5.88. The molecule has 0 saturated heterocycles. The number of aliphatic hydroxyl groups is 1. The van der Waals surface area contributed by atoms with Gasteiger partial charge >= 0.3 is 0 Å². The van der Waals surface area contributed by atoms with Crippen LogP contribution in [0.2, 0.25) is 0 Å². The average Bonchev–Trinajstić information content (AvgIpc) is 3.02. The smallest absolute Gasteiger partial charge is 0.259 e. The van der Waals surface area contributed by atoms with Gasteiger partial charge in [-0.3, -0.25) is 15.0 Å². The van der Waals surface area contributed by atoms with Crippen molar-refractivity contribution in [3.05, 3.63) is 50.1 Å². The van der Waals surface area contributed by atoms with Crippen LogP contribution in [0, 0.1) is 5.41 Å². The van der Waals surface area contributed by atoms with Crippen molar-refractivity contribution < 1.29 is 9.90 Å². The normalized spacial score (nSPS) is 11.4. The fourth-order valence-electron chi connectivity index (χ4n) is 2.08. The molecule has 0 radical (unpaired) electrons. The summed E-state index contributed by atoms with van der Waals surface area (Å²) in [4.78, 5) is 26.2.